The molecule has 0 aromatic carbocycles. The monoisotopic (exact) mass is 221 g/mol. The molecule has 0 atom stereocenters. The number of rotatable bonds is 3. The van der Waals surface area contributed by atoms with Gasteiger partial charge in [0.2, 0.25) is 0 Å². The van der Waals surface area contributed by atoms with Gasteiger partial charge in [-0.3, -0.25) is 15.1 Å². The Morgan fingerprint density at radius 1 is 1.62 bits per heavy atom. The fourth-order valence-corrected chi connectivity index (χ4v) is 1.13. The fraction of sp³-hybridized carbons (Fsp3) is 0.400. The molecule has 0 unspecified atom stereocenters. The van der Waals surface area contributed by atoms with Gasteiger partial charge in [0.05, 0.1) is 29.2 Å². The van der Waals surface area contributed by atoms with E-state index in [1.807, 2.05) is 0 Å². The minimum atomic E-state index is -0.803. The maximum Gasteiger partial charge on any atom is 0.329 e. The Hall–Kier alpha value is -2.16. The molecule has 0 aliphatic carbocycles. The first-order valence-electron chi connectivity index (χ1n) is 4.52. The molecule has 0 amide bonds. The summed E-state index contributed by atoms with van der Waals surface area (Å²) in [5.41, 5.74) is -0.569. The Balaban J connectivity index is 3.31. The highest BCUT2D eigenvalue weighted by Crippen LogP contribution is 2.30. The van der Waals surface area contributed by atoms with E-state index in [4.69, 9.17) is 10.00 Å². The molecule has 16 heavy (non-hydrogen) atoms. The topological polar surface area (TPSA) is 89.0 Å². The van der Waals surface area contributed by atoms with Gasteiger partial charge >= 0.3 is 5.69 Å². The van der Waals surface area contributed by atoms with Crippen LogP contribution in [0.15, 0.2) is 12.3 Å². The van der Waals surface area contributed by atoms with Gasteiger partial charge in [-0.1, -0.05) is 0 Å². The summed E-state index contributed by atoms with van der Waals surface area (Å²) in [5, 5.41) is 19.6. The smallest absolute Gasteiger partial charge is 0.329 e. The molecular weight excluding hydrogens is 210 g/mol. The van der Waals surface area contributed by atoms with Crippen LogP contribution < -0.4 is 4.74 Å². The van der Waals surface area contributed by atoms with Crippen molar-refractivity contribution in [1.29, 1.82) is 5.26 Å². The van der Waals surface area contributed by atoms with Crippen LogP contribution in [0, 0.1) is 21.4 Å². The predicted molar refractivity (Wildman–Crippen MR) is 56.1 cm³/mol. The number of nitriles is 1. The SMILES string of the molecule is COc1cc(C(C)(C)C#N)ncc1[N+](=O)[O-]. The van der Waals surface area contributed by atoms with Crippen molar-refractivity contribution >= 4 is 5.69 Å². The summed E-state index contributed by atoms with van der Waals surface area (Å²) in [6.07, 6.45) is 1.10. The Morgan fingerprint density at radius 3 is 2.69 bits per heavy atom. The standard InChI is InChI=1S/C10H11N3O3/c1-10(2,6-11)9-4-8(16-3)7(5-12-9)13(14)15/h4-5H,1-3H3. The van der Waals surface area contributed by atoms with E-state index in [1.165, 1.54) is 13.2 Å². The van der Waals surface area contributed by atoms with Crippen LogP contribution in [0.3, 0.4) is 0 Å². The van der Waals surface area contributed by atoms with Crippen LogP contribution in [0.4, 0.5) is 5.69 Å². The molecule has 84 valence electrons. The molecule has 0 radical (unpaired) electrons. The molecule has 0 fully saturated rings. The van der Waals surface area contributed by atoms with Crippen molar-refractivity contribution in [1.82, 2.24) is 4.98 Å². The maximum absolute atomic E-state index is 10.6. The number of nitrogens with zero attached hydrogens (tertiary/aromatic N) is 3. The lowest BCUT2D eigenvalue weighted by Gasteiger charge is -2.14. The highest BCUT2D eigenvalue weighted by molar-refractivity contribution is 5.46. The van der Waals surface area contributed by atoms with Crippen molar-refractivity contribution in [2.24, 2.45) is 0 Å². The first-order chi connectivity index (χ1) is 7.42. The molecule has 1 rings (SSSR count). The minimum Gasteiger partial charge on any atom is -0.490 e. The van der Waals surface area contributed by atoms with E-state index >= 15 is 0 Å². The number of methoxy groups -OCH3 is 1. The molecule has 1 aromatic heterocycles. The number of aromatic nitrogens is 1. The molecule has 1 aromatic rings. The van der Waals surface area contributed by atoms with E-state index in [2.05, 4.69) is 11.1 Å². The van der Waals surface area contributed by atoms with Gasteiger partial charge in [0.15, 0.2) is 5.75 Å². The van der Waals surface area contributed by atoms with Crippen LogP contribution in [0.1, 0.15) is 19.5 Å². The summed E-state index contributed by atoms with van der Waals surface area (Å²) in [6.45, 7) is 3.36. The lowest BCUT2D eigenvalue weighted by atomic mass is 9.91. The van der Waals surface area contributed by atoms with Gasteiger partial charge in [0.25, 0.3) is 0 Å². The highest BCUT2D eigenvalue weighted by Gasteiger charge is 2.25. The van der Waals surface area contributed by atoms with Gasteiger partial charge in [0, 0.05) is 6.07 Å². The van der Waals surface area contributed by atoms with Crippen LogP contribution in [0.5, 0.6) is 5.75 Å². The summed E-state index contributed by atoms with van der Waals surface area (Å²) in [6, 6.07) is 3.49. The Labute approximate surface area is 92.6 Å². The van der Waals surface area contributed by atoms with E-state index in [-0.39, 0.29) is 11.4 Å². The average molecular weight is 221 g/mol. The van der Waals surface area contributed by atoms with E-state index in [9.17, 15) is 10.1 Å². The zero-order chi connectivity index (χ0) is 12.3. The number of ether oxygens (including phenoxy) is 1. The maximum atomic E-state index is 10.6. The Morgan fingerprint density at radius 2 is 2.25 bits per heavy atom. The summed E-state index contributed by atoms with van der Waals surface area (Å²) in [7, 11) is 1.34. The van der Waals surface area contributed by atoms with Crippen LogP contribution in [0.25, 0.3) is 0 Å². The second kappa shape index (κ2) is 4.14. The van der Waals surface area contributed by atoms with E-state index in [0.29, 0.717) is 5.69 Å². The van der Waals surface area contributed by atoms with Gasteiger partial charge in [0.1, 0.15) is 6.20 Å². The minimum absolute atomic E-state index is 0.110. The molecule has 1 heterocycles. The van der Waals surface area contributed by atoms with Crippen molar-refractivity contribution in [3.63, 3.8) is 0 Å². The molecule has 0 saturated carbocycles. The first-order valence-corrected chi connectivity index (χ1v) is 4.52. The third kappa shape index (κ3) is 2.08. The van der Waals surface area contributed by atoms with Gasteiger partial charge in [-0.15, -0.1) is 0 Å². The number of hydrogen-bond acceptors (Lipinski definition) is 5. The predicted octanol–water partition coefficient (Wildman–Crippen LogP) is 1.80. The summed E-state index contributed by atoms with van der Waals surface area (Å²) in [5.74, 6) is 0.110. The van der Waals surface area contributed by atoms with Crippen molar-refractivity contribution < 1.29 is 9.66 Å². The summed E-state index contributed by atoms with van der Waals surface area (Å²) < 4.78 is 4.90. The average Bonchev–Trinajstić information content (AvgIpc) is 2.27. The van der Waals surface area contributed by atoms with Crippen LogP contribution in [0.2, 0.25) is 0 Å². The molecular formula is C10H11N3O3. The zero-order valence-corrected chi connectivity index (χ0v) is 9.22. The molecule has 0 spiro atoms. The third-order valence-corrected chi connectivity index (χ3v) is 2.18. The van der Waals surface area contributed by atoms with E-state index in [1.54, 1.807) is 13.8 Å². The van der Waals surface area contributed by atoms with E-state index < -0.39 is 10.3 Å². The molecule has 0 aliphatic heterocycles. The summed E-state index contributed by atoms with van der Waals surface area (Å²) in [4.78, 5) is 14.0. The van der Waals surface area contributed by atoms with Gasteiger partial charge in [-0.25, -0.2) is 0 Å². The number of nitro groups is 1. The zero-order valence-electron chi connectivity index (χ0n) is 9.22. The molecule has 6 nitrogen and oxygen atoms in total. The van der Waals surface area contributed by atoms with Crippen molar-refractivity contribution in [2.75, 3.05) is 7.11 Å². The lowest BCUT2D eigenvalue weighted by Crippen LogP contribution is -2.16. The van der Waals surface area contributed by atoms with Crippen molar-refractivity contribution in [3.05, 3.63) is 28.1 Å². The van der Waals surface area contributed by atoms with Crippen molar-refractivity contribution in [2.45, 2.75) is 19.3 Å². The molecule has 0 bridgehead atoms. The molecule has 0 saturated heterocycles. The highest BCUT2D eigenvalue weighted by atomic mass is 16.6. The largest absolute Gasteiger partial charge is 0.490 e. The Bertz CT molecular complexity index is 463. The first kappa shape index (κ1) is 11.9. The van der Waals surface area contributed by atoms with E-state index in [0.717, 1.165) is 6.20 Å². The number of pyridine rings is 1. The quantitative estimate of drug-likeness (QED) is 0.573. The Kier molecular flexibility index (Phi) is 3.09. The van der Waals surface area contributed by atoms with Gasteiger partial charge in [-0.05, 0) is 13.8 Å². The van der Waals surface area contributed by atoms with Gasteiger partial charge in [-0.2, -0.15) is 5.26 Å². The summed E-state index contributed by atoms with van der Waals surface area (Å²) >= 11 is 0. The second-order valence-corrected chi connectivity index (χ2v) is 3.74. The lowest BCUT2D eigenvalue weighted by molar-refractivity contribution is -0.386. The van der Waals surface area contributed by atoms with Crippen molar-refractivity contribution in [3.8, 4) is 11.8 Å². The third-order valence-electron chi connectivity index (χ3n) is 2.18. The number of hydrogen-bond donors (Lipinski definition) is 0. The fourth-order valence-electron chi connectivity index (χ4n) is 1.13. The molecule has 6 heteroatoms. The van der Waals surface area contributed by atoms with Crippen LogP contribution in [-0.2, 0) is 5.41 Å². The second-order valence-electron chi connectivity index (χ2n) is 3.74. The normalized spacial score (nSPS) is 10.6. The molecule has 0 aliphatic rings. The van der Waals surface area contributed by atoms with Gasteiger partial charge < -0.3 is 4.74 Å². The van der Waals surface area contributed by atoms with Crippen LogP contribution in [-0.4, -0.2) is 17.0 Å². The van der Waals surface area contributed by atoms with Crippen LogP contribution >= 0.6 is 0 Å². The molecule has 0 N–H and O–H groups in total.